The van der Waals surface area contributed by atoms with Gasteiger partial charge in [-0.05, 0) is 54.0 Å². The van der Waals surface area contributed by atoms with Crippen LogP contribution in [0.4, 0.5) is 16.2 Å². The van der Waals surface area contributed by atoms with Gasteiger partial charge in [0, 0.05) is 24.3 Å². The van der Waals surface area contributed by atoms with Crippen LogP contribution in [-0.4, -0.2) is 41.7 Å². The molecule has 1 aromatic carbocycles. The SMILES string of the molecule is Cc1oc(C)c(C(=O)Nc2ccc(NC(=O)CCN3C(=O)CNC3=O)cc2)c1Br. The van der Waals surface area contributed by atoms with Gasteiger partial charge in [-0.25, -0.2) is 4.79 Å². The van der Waals surface area contributed by atoms with Crippen LogP contribution >= 0.6 is 15.9 Å². The van der Waals surface area contributed by atoms with E-state index in [4.69, 9.17) is 4.42 Å². The summed E-state index contributed by atoms with van der Waals surface area (Å²) in [6, 6.07) is 6.10. The molecule has 1 fully saturated rings. The van der Waals surface area contributed by atoms with Gasteiger partial charge in [-0.15, -0.1) is 0 Å². The highest BCUT2D eigenvalue weighted by molar-refractivity contribution is 9.10. The van der Waals surface area contributed by atoms with E-state index in [0.717, 1.165) is 4.90 Å². The minimum absolute atomic E-state index is 0.00914. The van der Waals surface area contributed by atoms with Gasteiger partial charge in [0.1, 0.15) is 11.5 Å². The molecule has 3 N–H and O–H groups in total. The Morgan fingerprint density at radius 1 is 1.10 bits per heavy atom. The summed E-state index contributed by atoms with van der Waals surface area (Å²) in [5.74, 6) is 0.150. The van der Waals surface area contributed by atoms with E-state index >= 15 is 0 Å². The summed E-state index contributed by atoms with van der Waals surface area (Å²) in [7, 11) is 0. The van der Waals surface area contributed by atoms with Crippen LogP contribution in [0.15, 0.2) is 33.2 Å². The minimum atomic E-state index is -0.488. The molecule has 0 unspecified atom stereocenters. The molecule has 2 heterocycles. The number of hydrogen-bond acceptors (Lipinski definition) is 5. The quantitative estimate of drug-likeness (QED) is 0.569. The zero-order valence-electron chi connectivity index (χ0n) is 15.8. The van der Waals surface area contributed by atoms with E-state index in [1.807, 2.05) is 0 Å². The number of rotatable bonds is 6. The first-order chi connectivity index (χ1) is 13.8. The standard InChI is InChI=1S/C19H19BrN4O5/c1-10-16(17(20)11(2)29-10)18(27)23-13-5-3-12(4-6-13)22-14(25)7-8-24-15(26)9-21-19(24)28/h3-6H,7-9H2,1-2H3,(H,21,28)(H,22,25)(H,23,27). The predicted octanol–water partition coefficient (Wildman–Crippen LogP) is 2.79. The Labute approximate surface area is 174 Å². The first-order valence-electron chi connectivity index (χ1n) is 8.81. The molecular formula is C19H19BrN4O5. The first-order valence-corrected chi connectivity index (χ1v) is 9.60. The highest BCUT2D eigenvalue weighted by atomic mass is 79.9. The fourth-order valence-electron chi connectivity index (χ4n) is 2.86. The number of nitrogens with one attached hydrogen (secondary N) is 3. The Bertz CT molecular complexity index is 967. The summed E-state index contributed by atoms with van der Waals surface area (Å²) in [6.45, 7) is 3.45. The van der Waals surface area contributed by atoms with E-state index in [9.17, 15) is 19.2 Å². The van der Waals surface area contributed by atoms with Gasteiger partial charge in [0.15, 0.2) is 0 Å². The molecule has 9 nitrogen and oxygen atoms in total. The molecule has 10 heteroatoms. The Morgan fingerprint density at radius 3 is 2.24 bits per heavy atom. The molecule has 0 bridgehead atoms. The normalized spacial score (nSPS) is 13.4. The number of imide groups is 1. The van der Waals surface area contributed by atoms with E-state index in [1.165, 1.54) is 0 Å². The van der Waals surface area contributed by atoms with Gasteiger partial charge >= 0.3 is 6.03 Å². The Hall–Kier alpha value is -3.14. The van der Waals surface area contributed by atoms with Crippen molar-refractivity contribution in [3.63, 3.8) is 0 Å². The lowest BCUT2D eigenvalue weighted by atomic mass is 10.2. The molecular weight excluding hydrogens is 444 g/mol. The second-order valence-corrected chi connectivity index (χ2v) is 7.23. The molecule has 0 atom stereocenters. The average molecular weight is 463 g/mol. The van der Waals surface area contributed by atoms with Gasteiger partial charge in [0.25, 0.3) is 5.91 Å². The largest absolute Gasteiger partial charge is 0.465 e. The minimum Gasteiger partial charge on any atom is -0.465 e. The third-order valence-corrected chi connectivity index (χ3v) is 5.29. The molecule has 0 spiro atoms. The molecule has 1 aromatic heterocycles. The molecule has 1 aliphatic rings. The van der Waals surface area contributed by atoms with Crippen molar-refractivity contribution in [1.82, 2.24) is 10.2 Å². The maximum atomic E-state index is 12.5. The molecule has 1 saturated heterocycles. The lowest BCUT2D eigenvalue weighted by Gasteiger charge is -2.12. The van der Waals surface area contributed by atoms with Crippen LogP contribution in [0.3, 0.4) is 0 Å². The van der Waals surface area contributed by atoms with Crippen LogP contribution < -0.4 is 16.0 Å². The van der Waals surface area contributed by atoms with E-state index in [-0.39, 0.29) is 37.2 Å². The summed E-state index contributed by atoms with van der Waals surface area (Å²) in [5.41, 5.74) is 1.51. The molecule has 152 valence electrons. The van der Waals surface area contributed by atoms with Gasteiger partial charge < -0.3 is 20.4 Å². The van der Waals surface area contributed by atoms with Crippen LogP contribution in [0.5, 0.6) is 0 Å². The summed E-state index contributed by atoms with van der Waals surface area (Å²) < 4.78 is 6.05. The van der Waals surface area contributed by atoms with Crippen molar-refractivity contribution in [3.05, 3.63) is 45.8 Å². The lowest BCUT2D eigenvalue weighted by molar-refractivity contribution is -0.125. The number of carbonyl (C=O) groups excluding carboxylic acids is 4. The molecule has 0 saturated carbocycles. The van der Waals surface area contributed by atoms with Crippen molar-refractivity contribution >= 4 is 51.1 Å². The van der Waals surface area contributed by atoms with E-state index in [2.05, 4.69) is 31.9 Å². The van der Waals surface area contributed by atoms with Gasteiger partial charge in [-0.2, -0.15) is 0 Å². The van der Waals surface area contributed by atoms with Crippen LogP contribution in [0.2, 0.25) is 0 Å². The second kappa shape index (κ2) is 8.48. The van der Waals surface area contributed by atoms with Gasteiger partial charge in [0.2, 0.25) is 11.8 Å². The zero-order valence-corrected chi connectivity index (χ0v) is 17.4. The molecule has 2 aromatic rings. The predicted molar refractivity (Wildman–Crippen MR) is 109 cm³/mol. The number of benzene rings is 1. The maximum absolute atomic E-state index is 12.5. The van der Waals surface area contributed by atoms with Crippen LogP contribution in [-0.2, 0) is 9.59 Å². The number of halogens is 1. The number of furan rings is 1. The van der Waals surface area contributed by atoms with Gasteiger partial charge in [-0.3, -0.25) is 19.3 Å². The highest BCUT2D eigenvalue weighted by Crippen LogP contribution is 2.28. The summed E-state index contributed by atoms with van der Waals surface area (Å²) >= 11 is 3.35. The number of carbonyl (C=O) groups is 4. The fourth-order valence-corrected chi connectivity index (χ4v) is 3.40. The fraction of sp³-hybridized carbons (Fsp3) is 0.263. The molecule has 29 heavy (non-hydrogen) atoms. The smallest absolute Gasteiger partial charge is 0.324 e. The van der Waals surface area contributed by atoms with Crippen molar-refractivity contribution in [3.8, 4) is 0 Å². The molecule has 0 radical (unpaired) electrons. The molecule has 1 aliphatic heterocycles. The number of amides is 5. The van der Waals surface area contributed by atoms with E-state index < -0.39 is 6.03 Å². The van der Waals surface area contributed by atoms with Crippen LogP contribution in [0, 0.1) is 13.8 Å². The topological polar surface area (TPSA) is 121 Å². The number of hydrogen-bond donors (Lipinski definition) is 3. The van der Waals surface area contributed by atoms with Crippen molar-refractivity contribution < 1.29 is 23.6 Å². The molecule has 0 aliphatic carbocycles. The third kappa shape index (κ3) is 4.65. The monoisotopic (exact) mass is 462 g/mol. The molecule has 3 rings (SSSR count). The van der Waals surface area contributed by atoms with E-state index in [0.29, 0.717) is 32.9 Å². The number of nitrogens with zero attached hydrogens (tertiary/aromatic N) is 1. The third-order valence-electron chi connectivity index (χ3n) is 4.34. The maximum Gasteiger partial charge on any atom is 0.324 e. The Kier molecular flexibility index (Phi) is 6.02. The number of aryl methyl sites for hydroxylation is 2. The highest BCUT2D eigenvalue weighted by Gasteiger charge is 2.28. The Balaban J connectivity index is 1.54. The summed E-state index contributed by atoms with van der Waals surface area (Å²) in [5, 5.41) is 7.86. The van der Waals surface area contributed by atoms with Crippen molar-refractivity contribution in [1.29, 1.82) is 0 Å². The Morgan fingerprint density at radius 2 is 1.72 bits per heavy atom. The van der Waals surface area contributed by atoms with Crippen molar-refractivity contribution in [2.75, 3.05) is 23.7 Å². The first kappa shape index (κ1) is 20.6. The van der Waals surface area contributed by atoms with Crippen LogP contribution in [0.1, 0.15) is 28.3 Å². The second-order valence-electron chi connectivity index (χ2n) is 6.44. The number of urea groups is 1. The number of anilines is 2. The van der Waals surface area contributed by atoms with Crippen molar-refractivity contribution in [2.24, 2.45) is 0 Å². The van der Waals surface area contributed by atoms with Crippen molar-refractivity contribution in [2.45, 2.75) is 20.3 Å². The van der Waals surface area contributed by atoms with Crippen LogP contribution in [0.25, 0.3) is 0 Å². The average Bonchev–Trinajstić information content (AvgIpc) is 3.12. The van der Waals surface area contributed by atoms with E-state index in [1.54, 1.807) is 38.1 Å². The zero-order chi connectivity index (χ0) is 21.1. The van der Waals surface area contributed by atoms with Gasteiger partial charge in [0.05, 0.1) is 16.6 Å². The summed E-state index contributed by atoms with van der Waals surface area (Å²) in [4.78, 5) is 48.5. The molecule has 5 amide bonds. The van der Waals surface area contributed by atoms with Gasteiger partial charge in [-0.1, -0.05) is 0 Å². The lowest BCUT2D eigenvalue weighted by Crippen LogP contribution is -2.33. The summed E-state index contributed by atoms with van der Waals surface area (Å²) in [6.07, 6.45) is -0.00914.